The minimum atomic E-state index is -0.256. The molecule has 2 N–H and O–H groups in total. The standard InChI is InChI=1S/C16H15ClN4.C15H19N3.C2H6/c1-18-20-16-19-15(11-6-5-7-12(17)10-11)13-8-3-4-9-14(13)21(16)2;1-12-4-6-13(7-5-12)15(2,8-9-16)14-10-17-11-18(14)3;1-2/h5-10H,1,3-4H2,2H3;4-11H,16H2,1-3H3;1-2H3/b20-16-;;. The van der Waals surface area contributed by atoms with Gasteiger partial charge in [0.05, 0.1) is 23.1 Å². The minimum absolute atomic E-state index is 0.256. The summed E-state index contributed by atoms with van der Waals surface area (Å²) in [6.07, 6.45) is 13.8. The van der Waals surface area contributed by atoms with Gasteiger partial charge in [-0.05, 0) is 50.6 Å². The summed E-state index contributed by atoms with van der Waals surface area (Å²) in [4.78, 5) is 8.84. The van der Waals surface area contributed by atoms with Gasteiger partial charge in [-0.15, -0.1) is 5.10 Å². The molecule has 1 aliphatic carbocycles. The minimum Gasteiger partial charge on any atom is -0.405 e. The number of rotatable bonds is 5. The van der Waals surface area contributed by atoms with Crippen molar-refractivity contribution < 1.29 is 0 Å². The van der Waals surface area contributed by atoms with Crippen molar-refractivity contribution in [3.8, 4) is 11.3 Å². The van der Waals surface area contributed by atoms with Gasteiger partial charge in [-0.1, -0.05) is 85.6 Å². The Morgan fingerprint density at radius 3 is 2.39 bits per heavy atom. The normalized spacial score (nSPS) is 13.9. The lowest BCUT2D eigenvalue weighted by atomic mass is 9.79. The molecule has 41 heavy (non-hydrogen) atoms. The van der Waals surface area contributed by atoms with Crippen molar-refractivity contribution in [1.29, 1.82) is 0 Å². The number of benzene rings is 2. The average Bonchev–Trinajstić information content (AvgIpc) is 3.43. The second kappa shape index (κ2) is 14.4. The summed E-state index contributed by atoms with van der Waals surface area (Å²) in [5, 5.41) is 10.5. The van der Waals surface area contributed by atoms with Crippen LogP contribution in [-0.4, -0.2) is 25.8 Å². The number of hydrogen-bond acceptors (Lipinski definition) is 5. The molecule has 0 fully saturated rings. The van der Waals surface area contributed by atoms with E-state index in [2.05, 4.69) is 77.2 Å². The van der Waals surface area contributed by atoms with Gasteiger partial charge in [0, 0.05) is 48.2 Å². The molecule has 214 valence electrons. The molecular weight excluding hydrogens is 530 g/mol. The smallest absolute Gasteiger partial charge is 0.250 e. The van der Waals surface area contributed by atoms with Gasteiger partial charge in [0.15, 0.2) is 0 Å². The number of aryl methyl sites for hydroxylation is 2. The first-order valence-electron chi connectivity index (χ1n) is 13.7. The molecule has 7 nitrogen and oxygen atoms in total. The summed E-state index contributed by atoms with van der Waals surface area (Å²) in [7, 11) is 3.94. The zero-order valence-corrected chi connectivity index (χ0v) is 25.6. The highest BCUT2D eigenvalue weighted by atomic mass is 35.5. The zero-order chi connectivity index (χ0) is 30.0. The quantitative estimate of drug-likeness (QED) is 0.266. The van der Waals surface area contributed by atoms with Crippen LogP contribution in [0.25, 0.3) is 23.4 Å². The number of nitrogens with two attached hydrogens (primary N) is 1. The van der Waals surface area contributed by atoms with Crippen LogP contribution in [0.4, 0.5) is 0 Å². The Labute approximate surface area is 247 Å². The Morgan fingerprint density at radius 1 is 1.07 bits per heavy atom. The van der Waals surface area contributed by atoms with Gasteiger partial charge in [0.2, 0.25) is 5.62 Å². The number of imidazole rings is 1. The summed E-state index contributed by atoms with van der Waals surface area (Å²) in [5.41, 5.74) is 11.3. The molecule has 1 aliphatic rings. The molecule has 2 aromatic heterocycles. The number of aromatic nitrogens is 4. The summed E-state index contributed by atoms with van der Waals surface area (Å²) >= 11 is 6.11. The van der Waals surface area contributed by atoms with Crippen molar-refractivity contribution in [2.24, 2.45) is 30.0 Å². The highest BCUT2D eigenvalue weighted by Crippen LogP contribution is 2.33. The summed E-state index contributed by atoms with van der Waals surface area (Å²) in [5.74, 6) is 0. The zero-order valence-electron chi connectivity index (χ0n) is 24.8. The first-order chi connectivity index (χ1) is 19.8. The van der Waals surface area contributed by atoms with E-state index in [-0.39, 0.29) is 5.41 Å². The summed E-state index contributed by atoms with van der Waals surface area (Å²) in [6.45, 7) is 11.7. The summed E-state index contributed by atoms with van der Waals surface area (Å²) in [6, 6.07) is 16.2. The van der Waals surface area contributed by atoms with E-state index in [1.165, 1.54) is 11.1 Å². The molecule has 0 radical (unpaired) electrons. The van der Waals surface area contributed by atoms with Crippen LogP contribution in [-0.2, 0) is 19.5 Å². The first-order valence-corrected chi connectivity index (χ1v) is 14.1. The van der Waals surface area contributed by atoms with E-state index in [1.807, 2.05) is 79.9 Å². The fraction of sp³-hybridized carbons (Fsp3) is 0.273. The molecular formula is C33H40ClN7. The second-order valence-corrected chi connectivity index (χ2v) is 10.1. The molecule has 0 spiro atoms. The maximum atomic E-state index is 6.11. The van der Waals surface area contributed by atoms with Crippen molar-refractivity contribution in [3.63, 3.8) is 0 Å². The Bertz CT molecular complexity index is 1690. The SMILES string of the molecule is C=N/N=c1/nc(-c2cccc(Cl)c2)c2c(n1C)=CCCC=2.CC.Cc1ccc(C(C)(C=CN)c2cncn2C)cc1. The van der Waals surface area contributed by atoms with Crippen LogP contribution < -0.4 is 21.9 Å². The Kier molecular flexibility index (Phi) is 11.0. The van der Waals surface area contributed by atoms with E-state index in [0.29, 0.717) is 10.6 Å². The van der Waals surface area contributed by atoms with Gasteiger partial charge in [0.25, 0.3) is 0 Å². The van der Waals surface area contributed by atoms with Crippen molar-refractivity contribution >= 4 is 30.5 Å². The Hall–Kier alpha value is -4.23. The topological polar surface area (TPSA) is 86.4 Å². The molecule has 1 atom stereocenters. The van der Waals surface area contributed by atoms with E-state index in [1.54, 1.807) is 6.20 Å². The van der Waals surface area contributed by atoms with E-state index in [9.17, 15) is 0 Å². The maximum absolute atomic E-state index is 6.11. The predicted octanol–water partition coefficient (Wildman–Crippen LogP) is 5.14. The molecule has 0 saturated carbocycles. The molecule has 1 unspecified atom stereocenters. The van der Waals surface area contributed by atoms with Crippen LogP contribution in [0.3, 0.4) is 0 Å². The molecule has 0 bridgehead atoms. The molecule has 0 aliphatic heterocycles. The van der Waals surface area contributed by atoms with Crippen molar-refractivity contribution in [2.75, 3.05) is 0 Å². The van der Waals surface area contributed by atoms with E-state index in [0.717, 1.165) is 40.4 Å². The number of nitrogens with zero attached hydrogens (tertiary/aromatic N) is 6. The lowest BCUT2D eigenvalue weighted by molar-refractivity contribution is 0.646. The van der Waals surface area contributed by atoms with Gasteiger partial charge in [-0.25, -0.2) is 9.97 Å². The van der Waals surface area contributed by atoms with Gasteiger partial charge in [0.1, 0.15) is 0 Å². The van der Waals surface area contributed by atoms with Crippen LogP contribution in [0.15, 0.2) is 83.5 Å². The number of fused-ring (bicyclic) bond motifs is 1. The predicted molar refractivity (Wildman–Crippen MR) is 172 cm³/mol. The Balaban J connectivity index is 0.000000215. The number of hydrogen-bond donors (Lipinski definition) is 1. The van der Waals surface area contributed by atoms with Gasteiger partial charge >= 0.3 is 0 Å². The van der Waals surface area contributed by atoms with Crippen molar-refractivity contribution in [1.82, 2.24) is 19.1 Å². The van der Waals surface area contributed by atoms with Crippen molar-refractivity contribution in [3.05, 3.63) is 111 Å². The molecule has 4 aromatic rings. The second-order valence-electron chi connectivity index (χ2n) is 9.67. The van der Waals surface area contributed by atoms with Crippen LogP contribution in [0.2, 0.25) is 5.02 Å². The number of allylic oxidation sites excluding steroid dienone is 1. The largest absolute Gasteiger partial charge is 0.405 e. The molecule has 0 saturated heterocycles. The van der Waals surface area contributed by atoms with Gasteiger partial charge in [-0.3, -0.25) is 0 Å². The van der Waals surface area contributed by atoms with Crippen LogP contribution in [0.1, 0.15) is 50.4 Å². The molecule has 8 heteroatoms. The third-order valence-corrected chi connectivity index (χ3v) is 7.18. The lowest BCUT2D eigenvalue weighted by Gasteiger charge is -2.27. The van der Waals surface area contributed by atoms with Crippen LogP contribution in [0.5, 0.6) is 0 Å². The average molecular weight is 570 g/mol. The lowest BCUT2D eigenvalue weighted by Crippen LogP contribution is -2.46. The molecule has 2 aromatic carbocycles. The first kappa shape index (κ1) is 31.3. The highest BCUT2D eigenvalue weighted by Gasteiger charge is 2.28. The fourth-order valence-corrected chi connectivity index (χ4v) is 5.02. The van der Waals surface area contributed by atoms with Gasteiger partial charge in [-0.2, -0.15) is 5.10 Å². The molecule has 2 heterocycles. The van der Waals surface area contributed by atoms with E-state index < -0.39 is 0 Å². The summed E-state index contributed by atoms with van der Waals surface area (Å²) < 4.78 is 3.97. The Morgan fingerprint density at radius 2 is 1.78 bits per heavy atom. The van der Waals surface area contributed by atoms with Gasteiger partial charge < -0.3 is 14.9 Å². The molecule has 0 amide bonds. The van der Waals surface area contributed by atoms with E-state index >= 15 is 0 Å². The maximum Gasteiger partial charge on any atom is 0.250 e. The number of halogens is 1. The highest BCUT2D eigenvalue weighted by molar-refractivity contribution is 6.30. The van der Waals surface area contributed by atoms with Crippen LogP contribution >= 0.6 is 11.6 Å². The third-order valence-electron chi connectivity index (χ3n) is 6.94. The monoisotopic (exact) mass is 569 g/mol. The van der Waals surface area contributed by atoms with Crippen LogP contribution in [0, 0.1) is 6.92 Å². The third kappa shape index (κ3) is 7.11. The van der Waals surface area contributed by atoms with E-state index in [4.69, 9.17) is 17.3 Å². The van der Waals surface area contributed by atoms with Crippen molar-refractivity contribution in [2.45, 2.75) is 46.0 Å². The fourth-order valence-electron chi connectivity index (χ4n) is 4.83. The molecule has 5 rings (SSSR count).